The summed E-state index contributed by atoms with van der Waals surface area (Å²) >= 11 is -3.19. The molecule has 3 bridgehead atoms. The molecule has 0 N–H and O–H groups in total. The van der Waals surface area contributed by atoms with Gasteiger partial charge in [0.2, 0.25) is 0 Å². The molecule has 0 amide bonds. The molecular formula is Al2O5Si. The van der Waals surface area contributed by atoms with Gasteiger partial charge in [-0.05, 0) is 0 Å². The first-order valence-corrected chi connectivity index (χ1v) is 6.69. The van der Waals surface area contributed by atoms with Crippen molar-refractivity contribution in [1.29, 1.82) is 0 Å². The molecule has 1 spiro atoms. The molecule has 0 radical (unpaired) electrons. The van der Waals surface area contributed by atoms with Crippen molar-refractivity contribution in [2.24, 2.45) is 0 Å². The summed E-state index contributed by atoms with van der Waals surface area (Å²) in [6, 6.07) is 0. The summed E-state index contributed by atoms with van der Waals surface area (Å²) in [5, 5.41) is 0. The lowest BCUT2D eigenvalue weighted by atomic mass is 15.4. The minimum atomic E-state index is -2.30. The molecule has 0 aromatic carbocycles. The van der Waals surface area contributed by atoms with Crippen LogP contribution in [-0.2, 0) is 16.8 Å². The van der Waals surface area contributed by atoms with E-state index in [4.69, 9.17) is 16.8 Å². The van der Waals surface area contributed by atoms with Crippen LogP contribution in [0.4, 0.5) is 0 Å². The van der Waals surface area contributed by atoms with Crippen molar-refractivity contribution < 1.29 is 16.8 Å². The van der Waals surface area contributed by atoms with Crippen LogP contribution in [0.2, 0.25) is 0 Å². The zero-order valence-corrected chi connectivity index (χ0v) is 7.01. The molecule has 0 unspecified atom stereocenters. The van der Waals surface area contributed by atoms with Crippen molar-refractivity contribution in [3.63, 3.8) is 0 Å². The first-order chi connectivity index (χ1) is 3.86. The summed E-state index contributed by atoms with van der Waals surface area (Å²) < 4.78 is 25.2. The summed E-state index contributed by atoms with van der Waals surface area (Å²) in [4.78, 5) is 0. The number of hydrogen-bond acceptors (Lipinski definition) is 5. The highest BCUT2D eigenvalue weighted by Gasteiger charge is 2.82. The molecule has 0 aromatic heterocycles. The lowest BCUT2D eigenvalue weighted by molar-refractivity contribution is -0.0818. The van der Waals surface area contributed by atoms with E-state index in [0.717, 1.165) is 0 Å². The third-order valence-corrected chi connectivity index (χ3v) is 10.7. The molecule has 0 saturated carbocycles. The highest BCUT2D eigenvalue weighted by Crippen LogP contribution is 2.40. The quantitative estimate of drug-likeness (QED) is 0.406. The molecule has 8 heavy (non-hydrogen) atoms. The third kappa shape index (κ3) is 0.416. The first-order valence-electron chi connectivity index (χ1n) is 2.23. The SMILES string of the molecule is [O]1[Al]2[O][Si]3([O]2)[O][Al]1[O]3. The minimum absolute atomic E-state index is 1.59. The van der Waals surface area contributed by atoms with Crippen LogP contribution in [0.1, 0.15) is 0 Å². The topological polar surface area (TPSA) is 46.2 Å². The Balaban J connectivity index is 1.99. The van der Waals surface area contributed by atoms with E-state index in [-0.39, 0.29) is 0 Å². The molecule has 8 heteroatoms. The summed E-state index contributed by atoms with van der Waals surface area (Å²) in [7, 11) is -2.30. The lowest BCUT2D eigenvalue weighted by Gasteiger charge is -2.55. The van der Waals surface area contributed by atoms with E-state index in [1.807, 2.05) is 0 Å². The van der Waals surface area contributed by atoms with Crippen molar-refractivity contribution in [3.05, 3.63) is 0 Å². The summed E-state index contributed by atoms with van der Waals surface area (Å²) in [6.45, 7) is 0. The molecule has 6 heterocycles. The second kappa shape index (κ2) is 1.24. The number of rotatable bonds is 0. The van der Waals surface area contributed by atoms with Crippen LogP contribution >= 0.6 is 0 Å². The molecule has 6 saturated heterocycles. The van der Waals surface area contributed by atoms with E-state index in [2.05, 4.69) is 0 Å². The molecular weight excluding hydrogens is 162 g/mol. The molecule has 0 aliphatic carbocycles. The van der Waals surface area contributed by atoms with Gasteiger partial charge in [0.05, 0.1) is 0 Å². The van der Waals surface area contributed by atoms with Crippen molar-refractivity contribution >= 4 is 39.3 Å². The first kappa shape index (κ1) is 4.83. The fourth-order valence-electron chi connectivity index (χ4n) is 0.802. The van der Waals surface area contributed by atoms with Crippen molar-refractivity contribution in [2.75, 3.05) is 0 Å². The van der Waals surface area contributed by atoms with Gasteiger partial charge in [-0.1, -0.05) is 0 Å². The monoisotopic (exact) mass is 162 g/mol. The Hall–Kier alpha value is 1.08. The normalized spacial score (nSPS) is 36.0. The maximum Gasteiger partial charge on any atom is 0.864 e. The number of hydrogen-bond donors (Lipinski definition) is 0. The van der Waals surface area contributed by atoms with Gasteiger partial charge in [-0.2, -0.15) is 0 Å². The van der Waals surface area contributed by atoms with Gasteiger partial charge in [-0.15, -0.1) is 0 Å². The van der Waals surface area contributed by atoms with Crippen LogP contribution in [0, 0.1) is 0 Å². The van der Waals surface area contributed by atoms with Gasteiger partial charge < -0.3 is 16.8 Å². The zero-order chi connectivity index (χ0) is 5.19. The standard InChI is InChI=1S/2Al.O4Si.O/c;;1-5(2,3)4;/q2*+2;-4;. The average molecular weight is 162 g/mol. The van der Waals surface area contributed by atoms with E-state index in [0.29, 0.717) is 0 Å². The summed E-state index contributed by atoms with van der Waals surface area (Å²) in [5.41, 5.74) is 0. The highest BCUT2D eigenvalue weighted by atomic mass is 28.5. The van der Waals surface area contributed by atoms with Crippen LogP contribution in [0.25, 0.3) is 0 Å². The molecule has 6 rings (SSSR count). The predicted molar refractivity (Wildman–Crippen MR) is 22.7 cm³/mol. The van der Waals surface area contributed by atoms with Crippen LogP contribution in [0.3, 0.4) is 0 Å². The second-order valence-electron chi connectivity index (χ2n) is 1.68. The van der Waals surface area contributed by atoms with Gasteiger partial charge >= 0.3 is 39.3 Å². The molecule has 6 aliphatic rings. The molecule has 5 nitrogen and oxygen atoms in total. The van der Waals surface area contributed by atoms with Gasteiger partial charge in [0, 0.05) is 0 Å². The fraction of sp³-hybridized carbons (Fsp3) is 0. The van der Waals surface area contributed by atoms with Gasteiger partial charge in [-0.25, -0.2) is 0 Å². The molecule has 6 fully saturated rings. The zero-order valence-electron chi connectivity index (χ0n) is 3.70. The Labute approximate surface area is 56.3 Å². The van der Waals surface area contributed by atoms with Gasteiger partial charge in [0.1, 0.15) is 0 Å². The Kier molecular flexibility index (Phi) is 0.749. The average Bonchev–Trinajstić information content (AvgIpc) is 1.61. The van der Waals surface area contributed by atoms with E-state index >= 15 is 0 Å². The maximum absolute atomic E-state index is 5.05. The maximum atomic E-state index is 5.05. The van der Waals surface area contributed by atoms with Crippen molar-refractivity contribution in [1.82, 2.24) is 0 Å². The Morgan fingerprint density at radius 2 is 1.38 bits per heavy atom. The van der Waals surface area contributed by atoms with Crippen molar-refractivity contribution in [2.45, 2.75) is 0 Å². The van der Waals surface area contributed by atoms with Gasteiger partial charge in [0.25, 0.3) is 0 Å². The van der Waals surface area contributed by atoms with Gasteiger partial charge in [0.15, 0.2) is 0 Å². The molecule has 0 atom stereocenters. The van der Waals surface area contributed by atoms with E-state index in [1.54, 1.807) is 0 Å². The van der Waals surface area contributed by atoms with E-state index in [9.17, 15) is 0 Å². The largest absolute Gasteiger partial charge is 0.864 e. The van der Waals surface area contributed by atoms with Crippen LogP contribution in [0.15, 0.2) is 0 Å². The third-order valence-electron chi connectivity index (χ3n) is 1.18. The fourth-order valence-corrected chi connectivity index (χ4v) is 11.2. The Bertz CT molecular complexity index is 110. The molecule has 0 aromatic rings. The van der Waals surface area contributed by atoms with Gasteiger partial charge in [-0.3, -0.25) is 0 Å². The van der Waals surface area contributed by atoms with Crippen LogP contribution < -0.4 is 0 Å². The Morgan fingerprint density at radius 1 is 0.875 bits per heavy atom. The highest BCUT2D eigenvalue weighted by molar-refractivity contribution is 6.93. The smallest absolute Gasteiger partial charge is 0.544 e. The second-order valence-corrected chi connectivity index (χ2v) is 8.70. The predicted octanol–water partition coefficient (Wildman–Crippen LogP) is -1.48. The molecule has 40 valence electrons. The van der Waals surface area contributed by atoms with E-state index in [1.165, 1.54) is 0 Å². The van der Waals surface area contributed by atoms with Crippen LogP contribution in [-0.4, -0.2) is 39.3 Å². The molecule has 6 aliphatic heterocycles. The summed E-state index contributed by atoms with van der Waals surface area (Å²) in [5.74, 6) is 0. The van der Waals surface area contributed by atoms with Crippen molar-refractivity contribution in [3.8, 4) is 0 Å². The van der Waals surface area contributed by atoms with E-state index < -0.39 is 39.3 Å². The van der Waals surface area contributed by atoms with Crippen LogP contribution in [0.5, 0.6) is 0 Å². The lowest BCUT2D eigenvalue weighted by Crippen LogP contribution is -2.84. The Morgan fingerprint density at radius 3 is 1.50 bits per heavy atom. The summed E-state index contributed by atoms with van der Waals surface area (Å²) in [6.07, 6.45) is 0. The minimum Gasteiger partial charge on any atom is -0.544 e.